The third-order valence-electron chi connectivity index (χ3n) is 7.14. The van der Waals surface area contributed by atoms with Gasteiger partial charge in [-0.3, -0.25) is 4.57 Å². The molecule has 0 saturated heterocycles. The van der Waals surface area contributed by atoms with E-state index in [-0.39, 0.29) is 11.5 Å². The summed E-state index contributed by atoms with van der Waals surface area (Å²) in [5.74, 6) is 1.41. The van der Waals surface area contributed by atoms with E-state index in [9.17, 15) is 10.2 Å². The van der Waals surface area contributed by atoms with Gasteiger partial charge in [0, 0.05) is 34.0 Å². The number of allylic oxidation sites excluding steroid dienone is 2. The maximum Gasteiger partial charge on any atom is 0.241 e. The van der Waals surface area contributed by atoms with Crippen molar-refractivity contribution in [3.8, 4) is 11.5 Å². The molecule has 8 heteroatoms. The molecule has 2 N–H and O–H groups in total. The highest BCUT2D eigenvalue weighted by atomic mass is 16.3. The Bertz CT molecular complexity index is 1970. The minimum atomic E-state index is 0.114. The first-order chi connectivity index (χ1) is 19.6. The number of nitrogens with zero attached hydrogens (tertiary/aromatic N) is 6. The van der Waals surface area contributed by atoms with E-state index in [0.717, 1.165) is 39.0 Å². The molecule has 8 rings (SSSR count). The van der Waals surface area contributed by atoms with Crippen LogP contribution in [-0.4, -0.2) is 43.3 Å². The minimum Gasteiger partial charge on any atom is -0.508 e. The predicted molar refractivity (Wildman–Crippen MR) is 158 cm³/mol. The van der Waals surface area contributed by atoms with Crippen LogP contribution in [0.1, 0.15) is 11.1 Å². The first-order valence-corrected chi connectivity index (χ1v) is 12.8. The van der Waals surface area contributed by atoms with Gasteiger partial charge in [-0.1, -0.05) is 60.7 Å². The van der Waals surface area contributed by atoms with Crippen molar-refractivity contribution in [3.05, 3.63) is 126 Å². The molecule has 190 valence electrons. The van der Waals surface area contributed by atoms with Gasteiger partial charge in [0.25, 0.3) is 0 Å². The van der Waals surface area contributed by atoms with Gasteiger partial charge in [0.05, 0.1) is 28.1 Å². The Kier molecular flexibility index (Phi) is 4.66. The second-order valence-electron chi connectivity index (χ2n) is 9.64. The molecule has 0 aliphatic carbocycles. The van der Waals surface area contributed by atoms with E-state index in [1.807, 2.05) is 94.4 Å². The van der Waals surface area contributed by atoms with Crippen molar-refractivity contribution in [3.63, 3.8) is 0 Å². The average Bonchev–Trinajstić information content (AvgIpc) is 3.30. The van der Waals surface area contributed by atoms with Crippen molar-refractivity contribution in [2.45, 2.75) is 0 Å². The van der Waals surface area contributed by atoms with Crippen molar-refractivity contribution >= 4 is 51.1 Å². The normalized spacial score (nSPS) is 16.1. The van der Waals surface area contributed by atoms with Gasteiger partial charge in [0.1, 0.15) is 11.5 Å². The third kappa shape index (κ3) is 3.40. The van der Waals surface area contributed by atoms with Crippen LogP contribution in [0.25, 0.3) is 27.5 Å². The molecule has 0 saturated carbocycles. The number of hydrogen-bond donors (Lipinski definition) is 2. The molecule has 8 nitrogen and oxygen atoms in total. The van der Waals surface area contributed by atoms with E-state index in [1.54, 1.807) is 24.3 Å². The predicted octanol–water partition coefficient (Wildman–Crippen LogP) is 5.88. The highest BCUT2D eigenvalue weighted by Crippen LogP contribution is 2.35. The number of fused-ring (bicyclic) bond motifs is 3. The Labute approximate surface area is 228 Å². The molecular formula is C32H20N6O2. The summed E-state index contributed by atoms with van der Waals surface area (Å²) >= 11 is 0. The molecule has 5 aromatic rings. The maximum absolute atomic E-state index is 10.4. The quantitative estimate of drug-likeness (QED) is 0.304. The van der Waals surface area contributed by atoms with Crippen LogP contribution >= 0.6 is 0 Å². The van der Waals surface area contributed by atoms with E-state index in [0.29, 0.717) is 28.9 Å². The van der Waals surface area contributed by atoms with Crippen molar-refractivity contribution in [2.75, 3.05) is 0 Å². The Morgan fingerprint density at radius 3 is 1.75 bits per heavy atom. The van der Waals surface area contributed by atoms with Gasteiger partial charge in [-0.25, -0.2) is 14.9 Å². The Hall–Kier alpha value is -5.76. The van der Waals surface area contributed by atoms with E-state index < -0.39 is 0 Å². The van der Waals surface area contributed by atoms with Crippen molar-refractivity contribution in [2.24, 2.45) is 20.0 Å². The van der Waals surface area contributed by atoms with Gasteiger partial charge in [-0.2, -0.15) is 9.98 Å². The molecule has 1 aromatic heterocycles. The summed E-state index contributed by atoms with van der Waals surface area (Å²) in [6, 6.07) is 30.3. The van der Waals surface area contributed by atoms with Gasteiger partial charge in [-0.05, 0) is 36.4 Å². The second kappa shape index (κ2) is 8.37. The summed E-state index contributed by atoms with van der Waals surface area (Å²) < 4.78 is 1.83. The van der Waals surface area contributed by atoms with Crippen LogP contribution in [-0.2, 0) is 0 Å². The molecule has 0 radical (unpaired) electrons. The maximum atomic E-state index is 10.4. The highest BCUT2D eigenvalue weighted by molar-refractivity contribution is 6.26. The van der Waals surface area contributed by atoms with Crippen LogP contribution in [0.5, 0.6) is 11.5 Å². The van der Waals surface area contributed by atoms with Crippen LogP contribution in [0.3, 0.4) is 0 Å². The lowest BCUT2D eigenvalue weighted by Gasteiger charge is -2.32. The summed E-state index contributed by atoms with van der Waals surface area (Å²) in [5, 5.41) is 22.5. The molecule has 0 spiro atoms. The zero-order valence-corrected chi connectivity index (χ0v) is 21.0. The Morgan fingerprint density at radius 1 is 0.525 bits per heavy atom. The van der Waals surface area contributed by atoms with Gasteiger partial charge in [0.15, 0.2) is 0 Å². The zero-order chi connectivity index (χ0) is 26.8. The molecule has 3 aliphatic rings. The van der Waals surface area contributed by atoms with E-state index in [2.05, 4.69) is 0 Å². The van der Waals surface area contributed by atoms with Crippen LogP contribution in [0.15, 0.2) is 135 Å². The number of benzene rings is 4. The van der Waals surface area contributed by atoms with E-state index in [4.69, 9.17) is 20.0 Å². The fourth-order valence-electron chi connectivity index (χ4n) is 5.33. The van der Waals surface area contributed by atoms with Crippen LogP contribution in [0, 0.1) is 0 Å². The smallest absolute Gasteiger partial charge is 0.241 e. The number of hydrogen-bond acceptors (Lipinski definition) is 7. The minimum absolute atomic E-state index is 0.114. The number of aliphatic imine (C=N–C) groups is 4. The van der Waals surface area contributed by atoms with Crippen LogP contribution < -0.4 is 0 Å². The number of guanidine groups is 2. The lowest BCUT2D eigenvalue weighted by Crippen LogP contribution is -2.42. The van der Waals surface area contributed by atoms with Crippen molar-refractivity contribution < 1.29 is 10.2 Å². The van der Waals surface area contributed by atoms with Crippen LogP contribution in [0.2, 0.25) is 0 Å². The van der Waals surface area contributed by atoms with Crippen molar-refractivity contribution in [1.82, 2.24) is 9.47 Å². The molecule has 0 bridgehead atoms. The molecule has 3 aliphatic heterocycles. The third-order valence-corrected chi connectivity index (χ3v) is 7.14. The lowest BCUT2D eigenvalue weighted by atomic mass is 10.0. The Morgan fingerprint density at radius 2 is 1.10 bits per heavy atom. The standard InChI is InChI=1S/C32H20N6O2/c39-22-11-13-24-25-14-12-23(40)18-29(25)38(28(24)17-22)32-35-30-33-26(19-7-3-1-4-8-19)15-21-16-27(20-9-5-2-6-10-20)34-31(36-32)37(21)30/h1-18,39-40H. The number of aromatic hydroxyl groups is 2. The molecular weight excluding hydrogens is 500 g/mol. The molecule has 0 atom stereocenters. The summed E-state index contributed by atoms with van der Waals surface area (Å²) in [4.78, 5) is 21.5. The second-order valence-corrected chi connectivity index (χ2v) is 9.64. The molecule has 40 heavy (non-hydrogen) atoms. The number of phenolic OH excluding ortho intramolecular Hbond substituents is 2. The van der Waals surface area contributed by atoms with Gasteiger partial charge < -0.3 is 10.2 Å². The largest absolute Gasteiger partial charge is 0.508 e. The summed E-state index contributed by atoms with van der Waals surface area (Å²) in [6.07, 6.45) is 4.03. The SMILES string of the molecule is Oc1ccc2c3ccc(O)cc3n(C3=NC4=NC(c5ccccc5)=CC5=CC(c6ccccc6)=NC(=N3)N54)c2c1. The van der Waals surface area contributed by atoms with E-state index >= 15 is 0 Å². The molecule has 0 unspecified atom stereocenters. The zero-order valence-electron chi connectivity index (χ0n) is 21.0. The summed E-state index contributed by atoms with van der Waals surface area (Å²) in [6.45, 7) is 0. The van der Waals surface area contributed by atoms with Gasteiger partial charge in [-0.15, -0.1) is 0 Å². The Balaban J connectivity index is 1.41. The average molecular weight is 521 g/mol. The van der Waals surface area contributed by atoms with Crippen LogP contribution in [0.4, 0.5) is 0 Å². The summed E-state index contributed by atoms with van der Waals surface area (Å²) in [7, 11) is 0. The first kappa shape index (κ1) is 22.2. The molecule has 4 heterocycles. The van der Waals surface area contributed by atoms with Crippen molar-refractivity contribution in [1.29, 1.82) is 0 Å². The number of aromatic nitrogens is 1. The molecule has 0 amide bonds. The summed E-state index contributed by atoms with van der Waals surface area (Å²) in [5.41, 5.74) is 5.73. The molecule has 0 fully saturated rings. The highest BCUT2D eigenvalue weighted by Gasteiger charge is 2.34. The lowest BCUT2D eigenvalue weighted by molar-refractivity contribution is 0.475. The topological polar surface area (TPSA) is 98.1 Å². The molecule has 4 aromatic carbocycles. The first-order valence-electron chi connectivity index (χ1n) is 12.8. The number of rotatable bonds is 2. The van der Waals surface area contributed by atoms with Gasteiger partial charge in [0.2, 0.25) is 17.9 Å². The fraction of sp³-hybridized carbons (Fsp3) is 0. The van der Waals surface area contributed by atoms with Gasteiger partial charge >= 0.3 is 0 Å². The number of phenols is 2. The monoisotopic (exact) mass is 520 g/mol. The van der Waals surface area contributed by atoms with E-state index in [1.165, 1.54) is 0 Å². The fourth-order valence-corrected chi connectivity index (χ4v) is 5.33.